The zero-order chi connectivity index (χ0) is 26.8. The van der Waals surface area contributed by atoms with Gasteiger partial charge in [-0.25, -0.2) is 29.7 Å². The number of carbonyl (C=O) groups is 2. The number of rotatable bonds is 5. The van der Waals surface area contributed by atoms with Crippen LogP contribution in [0.5, 0.6) is 0 Å². The number of amides is 3. The number of hydrogen-bond acceptors (Lipinski definition) is 6. The van der Waals surface area contributed by atoms with Gasteiger partial charge in [-0.1, -0.05) is 43.1 Å². The molecule has 12 heteroatoms. The number of hydrogen-bond donors (Lipinski definition) is 2. The van der Waals surface area contributed by atoms with Crippen molar-refractivity contribution in [1.29, 1.82) is 0 Å². The predicted octanol–water partition coefficient (Wildman–Crippen LogP) is 6.23. The van der Waals surface area contributed by atoms with Crippen LogP contribution < -0.4 is 15.8 Å². The number of pyridine rings is 2. The van der Waals surface area contributed by atoms with Crippen molar-refractivity contribution in [2.45, 2.75) is 59.6 Å². The monoisotopic (exact) mass is 533 g/mol. The third-order valence-corrected chi connectivity index (χ3v) is 5.24. The van der Waals surface area contributed by atoms with Gasteiger partial charge in [-0.05, 0) is 57.4 Å². The summed E-state index contributed by atoms with van der Waals surface area (Å²) in [5, 5.41) is 9.20. The molecule has 3 rings (SSSR count). The lowest BCUT2D eigenvalue weighted by molar-refractivity contribution is 0.0565. The van der Waals surface area contributed by atoms with Crippen LogP contribution in [0.1, 0.15) is 51.8 Å². The largest absolute Gasteiger partial charge is 0.442 e. The van der Waals surface area contributed by atoms with E-state index in [4.69, 9.17) is 27.9 Å². The van der Waals surface area contributed by atoms with Crippen molar-refractivity contribution in [3.8, 4) is 0 Å². The van der Waals surface area contributed by atoms with Crippen LogP contribution in [0.4, 0.5) is 21.1 Å². The molecule has 0 aliphatic rings. The van der Waals surface area contributed by atoms with Crippen molar-refractivity contribution in [1.82, 2.24) is 25.2 Å². The highest BCUT2D eigenvalue weighted by Crippen LogP contribution is 2.31. The Balaban J connectivity index is 2.08. The normalized spacial score (nSPS) is 11.5. The molecule has 0 saturated carbocycles. The standard InChI is InChI=1S/C24H29Cl2N7O3/c1-8-9-32-21-20(14(4)30-32)16(13(2)3)12-19(29-21)33(23(35)36-24(5,6)7)31-22(34)27-15-10-17(25)28-18(26)11-15/h8,10-13H,1,9H2,2-7H3,(H2,27,28,31,34). The lowest BCUT2D eigenvalue weighted by Crippen LogP contribution is -2.50. The Morgan fingerprint density at radius 3 is 2.39 bits per heavy atom. The Morgan fingerprint density at radius 2 is 1.83 bits per heavy atom. The first kappa shape index (κ1) is 27.2. The predicted molar refractivity (Wildman–Crippen MR) is 142 cm³/mol. The number of nitrogens with one attached hydrogen (secondary N) is 2. The molecule has 0 atom stereocenters. The summed E-state index contributed by atoms with van der Waals surface area (Å²) in [6.45, 7) is 15.3. The molecule has 36 heavy (non-hydrogen) atoms. The maximum Gasteiger partial charge on any atom is 0.435 e. The van der Waals surface area contributed by atoms with Gasteiger partial charge in [0.05, 0.1) is 12.2 Å². The smallest absolute Gasteiger partial charge is 0.435 e. The maximum absolute atomic E-state index is 13.2. The van der Waals surface area contributed by atoms with Crippen LogP contribution in [0.25, 0.3) is 11.0 Å². The maximum atomic E-state index is 13.2. The number of hydrazine groups is 1. The second-order valence-electron chi connectivity index (χ2n) is 9.36. The number of fused-ring (bicyclic) bond motifs is 1. The quantitative estimate of drug-likeness (QED) is 0.228. The minimum Gasteiger partial charge on any atom is -0.442 e. The van der Waals surface area contributed by atoms with Crippen molar-refractivity contribution in [3.63, 3.8) is 0 Å². The SMILES string of the molecule is C=CCn1nc(C)c2c(C(C)C)cc(N(NC(=O)Nc3cc(Cl)nc(Cl)c3)C(=O)OC(C)(C)C)nc21. The van der Waals surface area contributed by atoms with E-state index >= 15 is 0 Å². The van der Waals surface area contributed by atoms with Gasteiger partial charge in [0, 0.05) is 11.1 Å². The molecule has 0 unspecified atom stereocenters. The fourth-order valence-corrected chi connectivity index (χ4v) is 3.95. The number of urea groups is 1. The molecule has 0 spiro atoms. The first-order chi connectivity index (χ1) is 16.8. The van der Waals surface area contributed by atoms with Crippen LogP contribution in [0.3, 0.4) is 0 Å². The second kappa shape index (κ2) is 10.7. The van der Waals surface area contributed by atoms with Crippen molar-refractivity contribution in [2.24, 2.45) is 0 Å². The summed E-state index contributed by atoms with van der Waals surface area (Å²) < 4.78 is 7.25. The number of aromatic nitrogens is 4. The van der Waals surface area contributed by atoms with Crippen LogP contribution in [0, 0.1) is 6.92 Å². The summed E-state index contributed by atoms with van der Waals surface area (Å²) in [4.78, 5) is 34.7. The van der Waals surface area contributed by atoms with Gasteiger partial charge < -0.3 is 10.1 Å². The van der Waals surface area contributed by atoms with Crippen LogP contribution in [-0.4, -0.2) is 37.5 Å². The fourth-order valence-electron chi connectivity index (χ4n) is 3.49. The summed E-state index contributed by atoms with van der Waals surface area (Å²) in [5.41, 5.74) is 4.24. The molecule has 3 aromatic rings. The number of allylic oxidation sites excluding steroid dienone is 1. The fraction of sp³-hybridized carbons (Fsp3) is 0.375. The van der Waals surface area contributed by atoms with E-state index in [-0.39, 0.29) is 27.7 Å². The highest BCUT2D eigenvalue weighted by atomic mass is 35.5. The molecule has 0 aliphatic carbocycles. The summed E-state index contributed by atoms with van der Waals surface area (Å²) in [5.74, 6) is 0.233. The van der Waals surface area contributed by atoms with Gasteiger partial charge >= 0.3 is 12.1 Å². The van der Waals surface area contributed by atoms with Crippen LogP contribution in [0.2, 0.25) is 10.3 Å². The van der Waals surface area contributed by atoms with E-state index in [1.807, 2.05) is 20.8 Å². The lowest BCUT2D eigenvalue weighted by atomic mass is 10.00. The first-order valence-corrected chi connectivity index (χ1v) is 12.0. The summed E-state index contributed by atoms with van der Waals surface area (Å²) in [6, 6.07) is 3.83. The minimum atomic E-state index is -0.828. The van der Waals surface area contributed by atoms with E-state index in [0.29, 0.717) is 12.2 Å². The van der Waals surface area contributed by atoms with Crippen LogP contribution in [0.15, 0.2) is 30.9 Å². The van der Waals surface area contributed by atoms with Crippen LogP contribution in [-0.2, 0) is 11.3 Å². The van der Waals surface area contributed by atoms with Gasteiger partial charge in [0.1, 0.15) is 15.9 Å². The van der Waals surface area contributed by atoms with Gasteiger partial charge in [-0.3, -0.25) is 0 Å². The van der Waals surface area contributed by atoms with Crippen molar-refractivity contribution in [2.75, 3.05) is 10.3 Å². The molecular formula is C24H29Cl2N7O3. The molecule has 10 nitrogen and oxygen atoms in total. The molecule has 0 saturated heterocycles. The number of nitrogens with zero attached hydrogens (tertiary/aromatic N) is 5. The van der Waals surface area contributed by atoms with E-state index in [1.165, 1.54) is 12.1 Å². The van der Waals surface area contributed by atoms with Gasteiger partial charge in [-0.2, -0.15) is 10.1 Å². The molecule has 0 fully saturated rings. The van der Waals surface area contributed by atoms with Crippen molar-refractivity contribution >= 4 is 57.9 Å². The van der Waals surface area contributed by atoms with E-state index < -0.39 is 17.7 Å². The molecule has 3 heterocycles. The number of aryl methyl sites for hydroxylation is 1. The molecule has 0 bridgehead atoms. The highest BCUT2D eigenvalue weighted by molar-refractivity contribution is 6.33. The molecule has 0 aromatic carbocycles. The zero-order valence-corrected chi connectivity index (χ0v) is 22.5. The average molecular weight is 534 g/mol. The van der Waals surface area contributed by atoms with Gasteiger partial charge in [0.25, 0.3) is 0 Å². The molecular weight excluding hydrogens is 505 g/mol. The lowest BCUT2D eigenvalue weighted by Gasteiger charge is -2.27. The van der Waals surface area contributed by atoms with E-state index in [0.717, 1.165) is 21.7 Å². The molecule has 3 aromatic heterocycles. The topological polar surface area (TPSA) is 114 Å². The average Bonchev–Trinajstić information content (AvgIpc) is 3.05. The Kier molecular flexibility index (Phi) is 8.10. The van der Waals surface area contributed by atoms with E-state index in [2.05, 4.69) is 32.4 Å². The van der Waals surface area contributed by atoms with Crippen molar-refractivity contribution < 1.29 is 14.3 Å². The van der Waals surface area contributed by atoms with Gasteiger partial charge in [0.2, 0.25) is 0 Å². The first-order valence-electron chi connectivity index (χ1n) is 11.2. The molecule has 0 radical (unpaired) electrons. The Morgan fingerprint density at radius 1 is 1.19 bits per heavy atom. The summed E-state index contributed by atoms with van der Waals surface area (Å²) in [7, 11) is 0. The number of anilines is 2. The Hall–Kier alpha value is -3.37. The van der Waals surface area contributed by atoms with Gasteiger partial charge in [0.15, 0.2) is 11.5 Å². The van der Waals surface area contributed by atoms with Gasteiger partial charge in [-0.15, -0.1) is 6.58 Å². The van der Waals surface area contributed by atoms with Crippen molar-refractivity contribution in [3.05, 3.63) is 52.4 Å². The molecule has 2 N–H and O–H groups in total. The third kappa shape index (κ3) is 6.44. The minimum absolute atomic E-state index is 0.0738. The number of carbonyl (C=O) groups excluding carboxylic acids is 2. The van der Waals surface area contributed by atoms with E-state index in [1.54, 1.807) is 37.6 Å². The van der Waals surface area contributed by atoms with E-state index in [9.17, 15) is 9.59 Å². The highest BCUT2D eigenvalue weighted by Gasteiger charge is 2.28. The number of ether oxygens (including phenoxy) is 1. The molecule has 192 valence electrons. The molecule has 3 amide bonds. The second-order valence-corrected chi connectivity index (χ2v) is 10.1. The summed E-state index contributed by atoms with van der Waals surface area (Å²) >= 11 is 11.9. The zero-order valence-electron chi connectivity index (χ0n) is 21.0. The Labute approximate surface area is 219 Å². The summed E-state index contributed by atoms with van der Waals surface area (Å²) in [6.07, 6.45) is 0.883. The van der Waals surface area contributed by atoms with Crippen LogP contribution >= 0.6 is 23.2 Å². The number of halogens is 2. The Bertz CT molecular complexity index is 1300. The third-order valence-electron chi connectivity index (χ3n) is 4.86. The molecule has 0 aliphatic heterocycles.